The third-order valence-corrected chi connectivity index (χ3v) is 3.90. The quantitative estimate of drug-likeness (QED) is 0.817. The number of rotatable bonds is 4. The molecule has 0 aliphatic carbocycles. The molecule has 1 N–H and O–H groups in total. The second-order valence-corrected chi connectivity index (χ2v) is 5.92. The molecule has 1 aliphatic rings. The van der Waals surface area contributed by atoms with Crippen LogP contribution in [0.2, 0.25) is 0 Å². The van der Waals surface area contributed by atoms with Crippen LogP contribution in [0.25, 0.3) is 0 Å². The van der Waals surface area contributed by atoms with E-state index in [1.807, 2.05) is 11.9 Å². The standard InChI is InChI=1S/C14H28N2O/c1-10(2)9-11(3)16(5)14(17)13-7-6-8-15-12(13)4/h10-13,15H,6-9H2,1-5H3. The highest BCUT2D eigenvalue weighted by Crippen LogP contribution is 2.21. The number of nitrogens with zero attached hydrogens (tertiary/aromatic N) is 1. The molecule has 1 rings (SSSR count). The van der Waals surface area contributed by atoms with Gasteiger partial charge in [-0.1, -0.05) is 13.8 Å². The van der Waals surface area contributed by atoms with Gasteiger partial charge in [-0.05, 0) is 45.6 Å². The summed E-state index contributed by atoms with van der Waals surface area (Å²) in [6.07, 6.45) is 3.23. The lowest BCUT2D eigenvalue weighted by atomic mass is 9.90. The van der Waals surface area contributed by atoms with Crippen LogP contribution in [0.1, 0.15) is 47.0 Å². The van der Waals surface area contributed by atoms with Gasteiger partial charge in [0.2, 0.25) is 5.91 Å². The number of carbonyl (C=O) groups is 1. The first-order valence-electron chi connectivity index (χ1n) is 6.93. The Balaban J connectivity index is 2.55. The van der Waals surface area contributed by atoms with E-state index in [9.17, 15) is 4.79 Å². The van der Waals surface area contributed by atoms with Crippen molar-refractivity contribution in [3.63, 3.8) is 0 Å². The Morgan fingerprint density at radius 3 is 2.59 bits per heavy atom. The van der Waals surface area contributed by atoms with Gasteiger partial charge in [0.05, 0.1) is 5.92 Å². The second kappa shape index (κ2) is 6.39. The predicted molar refractivity (Wildman–Crippen MR) is 71.9 cm³/mol. The van der Waals surface area contributed by atoms with E-state index in [1.54, 1.807) is 0 Å². The molecule has 1 amide bonds. The topological polar surface area (TPSA) is 32.3 Å². The van der Waals surface area contributed by atoms with Crippen molar-refractivity contribution in [1.82, 2.24) is 10.2 Å². The van der Waals surface area contributed by atoms with Gasteiger partial charge in [0.15, 0.2) is 0 Å². The first-order chi connectivity index (χ1) is 7.93. The largest absolute Gasteiger partial charge is 0.343 e. The number of piperidine rings is 1. The van der Waals surface area contributed by atoms with E-state index >= 15 is 0 Å². The van der Waals surface area contributed by atoms with Crippen molar-refractivity contribution in [1.29, 1.82) is 0 Å². The van der Waals surface area contributed by atoms with E-state index in [0.29, 0.717) is 23.9 Å². The third-order valence-electron chi connectivity index (χ3n) is 3.90. The van der Waals surface area contributed by atoms with Crippen LogP contribution in [0.4, 0.5) is 0 Å². The SMILES string of the molecule is CC(C)CC(C)N(C)C(=O)C1CCCNC1C. The number of nitrogens with one attached hydrogen (secondary N) is 1. The van der Waals surface area contributed by atoms with Gasteiger partial charge in [-0.25, -0.2) is 0 Å². The van der Waals surface area contributed by atoms with Gasteiger partial charge in [-0.15, -0.1) is 0 Å². The Morgan fingerprint density at radius 2 is 2.06 bits per heavy atom. The highest BCUT2D eigenvalue weighted by Gasteiger charge is 2.31. The lowest BCUT2D eigenvalue weighted by Gasteiger charge is -2.35. The monoisotopic (exact) mass is 240 g/mol. The zero-order chi connectivity index (χ0) is 13.0. The molecule has 0 radical (unpaired) electrons. The van der Waals surface area contributed by atoms with Gasteiger partial charge in [0.1, 0.15) is 0 Å². The molecule has 0 aromatic rings. The summed E-state index contributed by atoms with van der Waals surface area (Å²) in [6.45, 7) is 9.75. The highest BCUT2D eigenvalue weighted by molar-refractivity contribution is 5.79. The van der Waals surface area contributed by atoms with Crippen LogP contribution in [0, 0.1) is 11.8 Å². The number of hydrogen-bond donors (Lipinski definition) is 1. The Kier molecular flexibility index (Phi) is 5.44. The van der Waals surface area contributed by atoms with Crippen LogP contribution in [0.3, 0.4) is 0 Å². The first kappa shape index (κ1) is 14.5. The summed E-state index contributed by atoms with van der Waals surface area (Å²) in [5, 5.41) is 3.40. The summed E-state index contributed by atoms with van der Waals surface area (Å²) in [6, 6.07) is 0.668. The maximum Gasteiger partial charge on any atom is 0.227 e. The van der Waals surface area contributed by atoms with E-state index in [0.717, 1.165) is 25.8 Å². The maximum atomic E-state index is 12.4. The molecule has 3 unspecified atom stereocenters. The molecule has 17 heavy (non-hydrogen) atoms. The predicted octanol–water partition coefficient (Wildman–Crippen LogP) is 2.27. The average Bonchev–Trinajstić information content (AvgIpc) is 2.27. The molecule has 1 saturated heterocycles. The fourth-order valence-corrected chi connectivity index (χ4v) is 2.70. The number of carbonyl (C=O) groups excluding carboxylic acids is 1. The third kappa shape index (κ3) is 3.98. The molecule has 0 aromatic carbocycles. The fraction of sp³-hybridized carbons (Fsp3) is 0.929. The van der Waals surface area contributed by atoms with Crippen LogP contribution in [-0.2, 0) is 4.79 Å². The molecule has 0 aromatic heterocycles. The minimum atomic E-state index is 0.170. The van der Waals surface area contributed by atoms with E-state index in [-0.39, 0.29) is 5.92 Å². The maximum absolute atomic E-state index is 12.4. The van der Waals surface area contributed by atoms with Crippen LogP contribution in [0.15, 0.2) is 0 Å². The molecule has 100 valence electrons. The molecule has 0 saturated carbocycles. The fourth-order valence-electron chi connectivity index (χ4n) is 2.70. The van der Waals surface area contributed by atoms with Gasteiger partial charge < -0.3 is 10.2 Å². The number of hydrogen-bond acceptors (Lipinski definition) is 2. The van der Waals surface area contributed by atoms with Gasteiger partial charge in [-0.3, -0.25) is 4.79 Å². The summed E-state index contributed by atoms with van der Waals surface area (Å²) in [5.74, 6) is 1.13. The minimum absolute atomic E-state index is 0.170. The van der Waals surface area contributed by atoms with Crippen molar-refractivity contribution in [2.24, 2.45) is 11.8 Å². The van der Waals surface area contributed by atoms with E-state index in [2.05, 4.69) is 33.0 Å². The normalized spacial score (nSPS) is 26.9. The van der Waals surface area contributed by atoms with Crippen LogP contribution < -0.4 is 5.32 Å². The number of amides is 1. The molecule has 3 nitrogen and oxygen atoms in total. The summed E-state index contributed by atoms with van der Waals surface area (Å²) in [5.41, 5.74) is 0. The Bertz CT molecular complexity index is 253. The van der Waals surface area contributed by atoms with E-state index in [4.69, 9.17) is 0 Å². The van der Waals surface area contributed by atoms with Crippen molar-refractivity contribution in [3.8, 4) is 0 Å². The molecule has 1 aliphatic heterocycles. The van der Waals surface area contributed by atoms with Gasteiger partial charge >= 0.3 is 0 Å². The molecule has 0 spiro atoms. The second-order valence-electron chi connectivity index (χ2n) is 5.92. The average molecular weight is 240 g/mol. The molecule has 3 heteroatoms. The van der Waals surface area contributed by atoms with Crippen molar-refractivity contribution >= 4 is 5.91 Å². The lowest BCUT2D eigenvalue weighted by molar-refractivity contribution is -0.138. The van der Waals surface area contributed by atoms with Crippen LogP contribution >= 0.6 is 0 Å². The van der Waals surface area contributed by atoms with Crippen molar-refractivity contribution in [2.45, 2.75) is 59.0 Å². The van der Waals surface area contributed by atoms with E-state index in [1.165, 1.54) is 0 Å². The Labute approximate surface area is 106 Å². The van der Waals surface area contributed by atoms with Crippen molar-refractivity contribution in [3.05, 3.63) is 0 Å². The van der Waals surface area contributed by atoms with Gasteiger partial charge in [0.25, 0.3) is 0 Å². The van der Waals surface area contributed by atoms with E-state index < -0.39 is 0 Å². The summed E-state index contributed by atoms with van der Waals surface area (Å²) < 4.78 is 0. The van der Waals surface area contributed by atoms with Gasteiger partial charge in [-0.2, -0.15) is 0 Å². The molecular weight excluding hydrogens is 212 g/mol. The molecule has 1 heterocycles. The smallest absolute Gasteiger partial charge is 0.227 e. The zero-order valence-corrected chi connectivity index (χ0v) is 12.0. The molecule has 0 bridgehead atoms. The molecular formula is C14H28N2O. The van der Waals surface area contributed by atoms with Gasteiger partial charge in [0, 0.05) is 19.1 Å². The lowest BCUT2D eigenvalue weighted by Crippen LogP contribution is -2.49. The zero-order valence-electron chi connectivity index (χ0n) is 12.0. The highest BCUT2D eigenvalue weighted by atomic mass is 16.2. The summed E-state index contributed by atoms with van der Waals surface area (Å²) in [4.78, 5) is 14.4. The molecule has 3 atom stereocenters. The minimum Gasteiger partial charge on any atom is -0.343 e. The molecule has 1 fully saturated rings. The van der Waals surface area contributed by atoms with Crippen molar-refractivity contribution in [2.75, 3.05) is 13.6 Å². The Morgan fingerprint density at radius 1 is 1.41 bits per heavy atom. The first-order valence-corrected chi connectivity index (χ1v) is 6.93. The van der Waals surface area contributed by atoms with Crippen molar-refractivity contribution < 1.29 is 4.79 Å². The summed E-state index contributed by atoms with van der Waals surface area (Å²) >= 11 is 0. The van der Waals surface area contributed by atoms with Crippen LogP contribution in [0.5, 0.6) is 0 Å². The summed E-state index contributed by atoms with van der Waals surface area (Å²) in [7, 11) is 1.96. The Hall–Kier alpha value is -0.570. The van der Waals surface area contributed by atoms with Crippen LogP contribution in [-0.4, -0.2) is 36.5 Å².